The molecule has 0 aliphatic heterocycles. The molecule has 0 amide bonds. The van der Waals surface area contributed by atoms with Crippen LogP contribution in [-0.2, 0) is 19.7 Å². The summed E-state index contributed by atoms with van der Waals surface area (Å²) in [6.45, 7) is 5.04. The molecular weight excluding hydrogens is 327 g/mol. The van der Waals surface area contributed by atoms with Crippen molar-refractivity contribution in [2.45, 2.75) is 12.5 Å². The molecule has 0 aliphatic rings. The average molecular weight is 346 g/mol. The van der Waals surface area contributed by atoms with Gasteiger partial charge in [-0.2, -0.15) is 0 Å². The molecule has 0 aliphatic carbocycles. The SMILES string of the molecule is C=C(C)C(=O)OC(CP(=O)(O)O)(c1ccccc1)c1ccccc1. The van der Waals surface area contributed by atoms with Gasteiger partial charge in [0.1, 0.15) is 0 Å². The number of esters is 1. The van der Waals surface area contributed by atoms with Gasteiger partial charge in [0.25, 0.3) is 0 Å². The highest BCUT2D eigenvalue weighted by Gasteiger charge is 2.44. The molecule has 2 N–H and O–H groups in total. The molecule has 0 heterocycles. The van der Waals surface area contributed by atoms with Gasteiger partial charge in [-0.25, -0.2) is 4.79 Å². The fourth-order valence-electron chi connectivity index (χ4n) is 2.45. The number of carbonyl (C=O) groups excluding carboxylic acids is 1. The summed E-state index contributed by atoms with van der Waals surface area (Å²) in [6, 6.07) is 17.1. The van der Waals surface area contributed by atoms with Crippen molar-refractivity contribution < 1.29 is 23.9 Å². The zero-order valence-electron chi connectivity index (χ0n) is 13.3. The van der Waals surface area contributed by atoms with Crippen molar-refractivity contribution in [2.24, 2.45) is 0 Å². The molecule has 0 radical (unpaired) electrons. The Balaban J connectivity index is 2.70. The highest BCUT2D eigenvalue weighted by atomic mass is 31.2. The monoisotopic (exact) mass is 346 g/mol. The molecule has 0 bridgehead atoms. The minimum Gasteiger partial charge on any atom is -0.445 e. The first-order valence-electron chi connectivity index (χ1n) is 7.29. The summed E-state index contributed by atoms with van der Waals surface area (Å²) >= 11 is 0. The van der Waals surface area contributed by atoms with Crippen molar-refractivity contribution in [3.8, 4) is 0 Å². The van der Waals surface area contributed by atoms with Crippen molar-refractivity contribution in [2.75, 3.05) is 6.16 Å². The van der Waals surface area contributed by atoms with Crippen molar-refractivity contribution in [1.82, 2.24) is 0 Å². The van der Waals surface area contributed by atoms with E-state index in [0.717, 1.165) is 0 Å². The van der Waals surface area contributed by atoms with E-state index < -0.39 is 25.3 Å². The summed E-state index contributed by atoms with van der Waals surface area (Å²) in [7, 11) is -4.51. The van der Waals surface area contributed by atoms with Gasteiger partial charge in [-0.1, -0.05) is 67.2 Å². The van der Waals surface area contributed by atoms with Crippen LogP contribution in [0, 0.1) is 0 Å². The number of carbonyl (C=O) groups is 1. The first kappa shape index (κ1) is 18.1. The predicted molar refractivity (Wildman–Crippen MR) is 91.5 cm³/mol. The Hall–Kier alpha value is -2.20. The predicted octanol–water partition coefficient (Wildman–Crippen LogP) is 3.23. The minimum atomic E-state index is -4.51. The summed E-state index contributed by atoms with van der Waals surface area (Å²) in [5.74, 6) is -0.712. The van der Waals surface area contributed by atoms with Gasteiger partial charge in [0.05, 0.1) is 6.16 Å². The van der Waals surface area contributed by atoms with Crippen molar-refractivity contribution in [3.63, 3.8) is 0 Å². The van der Waals surface area contributed by atoms with E-state index in [1.807, 2.05) is 0 Å². The summed E-state index contributed by atoms with van der Waals surface area (Å²) in [5.41, 5.74) is -0.488. The van der Waals surface area contributed by atoms with Crippen LogP contribution in [0.15, 0.2) is 72.8 Å². The molecule has 0 saturated heterocycles. The quantitative estimate of drug-likeness (QED) is 0.477. The van der Waals surface area contributed by atoms with Crippen LogP contribution in [0.4, 0.5) is 0 Å². The molecule has 0 aromatic heterocycles. The molecule has 0 saturated carbocycles. The van der Waals surface area contributed by atoms with Crippen molar-refractivity contribution in [3.05, 3.63) is 83.9 Å². The smallest absolute Gasteiger partial charge is 0.334 e. The van der Waals surface area contributed by atoms with E-state index in [1.165, 1.54) is 6.92 Å². The number of ether oxygens (including phenoxy) is 1. The first-order valence-corrected chi connectivity index (χ1v) is 9.09. The second-order valence-corrected chi connectivity index (χ2v) is 7.20. The van der Waals surface area contributed by atoms with E-state index in [4.69, 9.17) is 4.74 Å². The van der Waals surface area contributed by atoms with Crippen LogP contribution < -0.4 is 0 Å². The van der Waals surface area contributed by atoms with E-state index in [0.29, 0.717) is 11.1 Å². The maximum absolute atomic E-state index is 12.2. The molecule has 6 heteroatoms. The van der Waals surface area contributed by atoms with Gasteiger partial charge < -0.3 is 14.5 Å². The second-order valence-electron chi connectivity index (χ2n) is 5.55. The Morgan fingerprint density at radius 1 is 1.04 bits per heavy atom. The van der Waals surface area contributed by atoms with Gasteiger partial charge in [0.15, 0.2) is 5.60 Å². The lowest BCUT2D eigenvalue weighted by atomic mass is 9.87. The molecule has 5 nitrogen and oxygen atoms in total. The van der Waals surface area contributed by atoms with E-state index in [9.17, 15) is 19.1 Å². The van der Waals surface area contributed by atoms with Crippen molar-refractivity contribution in [1.29, 1.82) is 0 Å². The van der Waals surface area contributed by atoms with Crippen LogP contribution in [0.5, 0.6) is 0 Å². The molecule has 0 spiro atoms. The second kappa shape index (κ2) is 7.14. The molecule has 2 rings (SSSR count). The fraction of sp³-hybridized carbons (Fsp3) is 0.167. The maximum atomic E-state index is 12.2. The molecule has 126 valence electrons. The van der Waals surface area contributed by atoms with Gasteiger partial charge in [0, 0.05) is 16.7 Å². The van der Waals surface area contributed by atoms with E-state index in [-0.39, 0.29) is 5.57 Å². The normalized spacial score (nSPS) is 11.8. The van der Waals surface area contributed by atoms with Gasteiger partial charge in [-0.15, -0.1) is 0 Å². The zero-order valence-corrected chi connectivity index (χ0v) is 14.1. The third kappa shape index (κ3) is 4.20. The Morgan fingerprint density at radius 2 is 1.46 bits per heavy atom. The van der Waals surface area contributed by atoms with Gasteiger partial charge in [-0.3, -0.25) is 4.57 Å². The van der Waals surface area contributed by atoms with Gasteiger partial charge in [0.2, 0.25) is 0 Å². The van der Waals surface area contributed by atoms with Crippen LogP contribution >= 0.6 is 7.60 Å². The standard InChI is InChI=1S/C18H19O5P/c1-14(2)17(19)23-18(13-24(20,21)22,15-9-5-3-6-10-15)16-11-7-4-8-12-16/h3-12H,1,13H2,2H3,(H2,20,21,22). The maximum Gasteiger partial charge on any atom is 0.334 e. The van der Waals surface area contributed by atoms with Gasteiger partial charge >= 0.3 is 13.6 Å². The molecular formula is C18H19O5P. The number of hydrogen-bond acceptors (Lipinski definition) is 3. The number of benzene rings is 2. The third-order valence-corrected chi connectivity index (χ3v) is 4.38. The van der Waals surface area contributed by atoms with E-state index >= 15 is 0 Å². The lowest BCUT2D eigenvalue weighted by Crippen LogP contribution is -2.37. The lowest BCUT2D eigenvalue weighted by Gasteiger charge is -2.34. The number of rotatable bonds is 6. The summed E-state index contributed by atoms with van der Waals surface area (Å²) < 4.78 is 17.4. The molecule has 24 heavy (non-hydrogen) atoms. The molecule has 0 atom stereocenters. The fourth-order valence-corrected chi connectivity index (χ4v) is 3.46. The van der Waals surface area contributed by atoms with Crippen LogP contribution in [0.2, 0.25) is 0 Å². The Bertz CT molecular complexity index is 725. The molecule has 2 aromatic carbocycles. The van der Waals surface area contributed by atoms with Crippen molar-refractivity contribution >= 4 is 13.6 Å². The third-order valence-electron chi connectivity index (χ3n) is 3.52. The van der Waals surface area contributed by atoms with Crippen LogP contribution in [0.1, 0.15) is 18.1 Å². The van der Waals surface area contributed by atoms with Crippen LogP contribution in [0.3, 0.4) is 0 Å². The van der Waals surface area contributed by atoms with Crippen LogP contribution in [-0.4, -0.2) is 21.9 Å². The Labute approximate surface area is 140 Å². The minimum absolute atomic E-state index is 0.150. The summed E-state index contributed by atoms with van der Waals surface area (Å²) in [6.07, 6.45) is -0.660. The van der Waals surface area contributed by atoms with E-state index in [1.54, 1.807) is 60.7 Å². The molecule has 0 fully saturated rings. The van der Waals surface area contributed by atoms with E-state index in [2.05, 4.69) is 6.58 Å². The average Bonchev–Trinajstić information content (AvgIpc) is 2.54. The topological polar surface area (TPSA) is 83.8 Å². The van der Waals surface area contributed by atoms with Crippen LogP contribution in [0.25, 0.3) is 0 Å². The number of hydrogen-bond donors (Lipinski definition) is 2. The lowest BCUT2D eigenvalue weighted by molar-refractivity contribution is -0.150. The van der Waals surface area contributed by atoms with Gasteiger partial charge in [-0.05, 0) is 6.92 Å². The Kier molecular flexibility index (Phi) is 5.40. The summed E-state index contributed by atoms with van der Waals surface area (Å²) in [4.78, 5) is 31.5. The summed E-state index contributed by atoms with van der Waals surface area (Å²) in [5, 5.41) is 0. The largest absolute Gasteiger partial charge is 0.445 e. The molecule has 2 aromatic rings. The highest BCUT2D eigenvalue weighted by Crippen LogP contribution is 2.47. The Morgan fingerprint density at radius 3 is 1.79 bits per heavy atom. The highest BCUT2D eigenvalue weighted by molar-refractivity contribution is 7.51. The zero-order chi connectivity index (χ0) is 17.8. The molecule has 0 unspecified atom stereocenters. The first-order chi connectivity index (χ1) is 11.2.